The number of hydrogen-bond acceptors (Lipinski definition) is 4. The predicted molar refractivity (Wildman–Crippen MR) is 136 cm³/mol. The quantitative estimate of drug-likeness (QED) is 0.171. The number of carbonyl (C=O) groups excluding carboxylic acids is 1. The highest BCUT2D eigenvalue weighted by atomic mass is 127. The number of likely N-dealkylation sites (N-methyl/N-ethyl adjacent to an activating group) is 1. The molecule has 1 aliphatic carbocycles. The zero-order chi connectivity index (χ0) is 22.0. The molecule has 0 spiro atoms. The van der Waals surface area contributed by atoms with Crippen molar-refractivity contribution in [3.63, 3.8) is 0 Å². The Labute approximate surface area is 204 Å². The van der Waals surface area contributed by atoms with Gasteiger partial charge >= 0.3 is 0 Å². The van der Waals surface area contributed by atoms with E-state index < -0.39 is 0 Å². The molecule has 1 aliphatic rings. The van der Waals surface area contributed by atoms with Crippen LogP contribution >= 0.6 is 24.0 Å². The highest BCUT2D eigenvalue weighted by Crippen LogP contribution is 2.42. The van der Waals surface area contributed by atoms with Gasteiger partial charge in [-0.05, 0) is 37.5 Å². The van der Waals surface area contributed by atoms with Gasteiger partial charge < -0.3 is 25.4 Å². The van der Waals surface area contributed by atoms with E-state index in [1.807, 2.05) is 31.2 Å². The molecule has 1 aromatic rings. The van der Waals surface area contributed by atoms with Crippen LogP contribution in [-0.2, 0) is 16.1 Å². The second kappa shape index (κ2) is 13.8. The smallest absolute Gasteiger partial charge is 0.257 e. The lowest BCUT2D eigenvalue weighted by molar-refractivity contribution is -0.122. The molecule has 0 heterocycles. The standard InChI is InChI=1S/C23H38N4O3.HI/c1-6-8-12-29-20-14-19(23(20,3)4)27-22(24-5)26-15-17-10-9-11-18(13-17)30-16-21(28)25-7-2;/h9-11,13,19-20H,6-8,12,14-16H2,1-5H3,(H,25,28)(H2,24,26,27);1H. The number of amides is 1. The number of carbonyl (C=O) groups is 1. The Kier molecular flexibility index (Phi) is 12.2. The first-order chi connectivity index (χ1) is 14.4. The molecule has 0 aromatic heterocycles. The number of guanidine groups is 1. The van der Waals surface area contributed by atoms with E-state index >= 15 is 0 Å². The van der Waals surface area contributed by atoms with Crippen molar-refractivity contribution in [2.45, 2.75) is 65.6 Å². The molecule has 31 heavy (non-hydrogen) atoms. The Hall–Kier alpha value is -1.55. The summed E-state index contributed by atoms with van der Waals surface area (Å²) in [4.78, 5) is 15.9. The topological polar surface area (TPSA) is 84.0 Å². The van der Waals surface area contributed by atoms with Gasteiger partial charge in [-0.15, -0.1) is 24.0 Å². The molecular formula is C23H39IN4O3. The van der Waals surface area contributed by atoms with Gasteiger partial charge in [0.15, 0.2) is 12.6 Å². The monoisotopic (exact) mass is 546 g/mol. The molecule has 0 aliphatic heterocycles. The number of rotatable bonds is 11. The molecule has 2 unspecified atom stereocenters. The summed E-state index contributed by atoms with van der Waals surface area (Å²) in [7, 11) is 1.78. The lowest BCUT2D eigenvalue weighted by Crippen LogP contribution is -2.63. The van der Waals surface area contributed by atoms with Crippen LogP contribution in [0.1, 0.15) is 52.5 Å². The average molecular weight is 546 g/mol. The molecule has 7 nitrogen and oxygen atoms in total. The summed E-state index contributed by atoms with van der Waals surface area (Å²) >= 11 is 0. The minimum atomic E-state index is -0.120. The minimum Gasteiger partial charge on any atom is -0.484 e. The number of benzene rings is 1. The van der Waals surface area contributed by atoms with E-state index in [2.05, 4.69) is 41.7 Å². The predicted octanol–water partition coefficient (Wildman–Crippen LogP) is 3.47. The van der Waals surface area contributed by atoms with Crippen LogP contribution in [0.15, 0.2) is 29.3 Å². The largest absolute Gasteiger partial charge is 0.484 e. The fraction of sp³-hybridized carbons (Fsp3) is 0.652. The first-order valence-corrected chi connectivity index (χ1v) is 11.0. The van der Waals surface area contributed by atoms with Crippen molar-refractivity contribution in [3.8, 4) is 5.75 Å². The van der Waals surface area contributed by atoms with Crippen LogP contribution in [-0.4, -0.2) is 50.8 Å². The first kappa shape index (κ1) is 27.5. The van der Waals surface area contributed by atoms with Crippen LogP contribution in [0, 0.1) is 5.41 Å². The fourth-order valence-corrected chi connectivity index (χ4v) is 3.47. The second-order valence-electron chi connectivity index (χ2n) is 8.28. The van der Waals surface area contributed by atoms with Gasteiger partial charge in [0, 0.05) is 38.2 Å². The second-order valence-corrected chi connectivity index (χ2v) is 8.28. The Bertz CT molecular complexity index is 712. The third kappa shape index (κ3) is 8.48. The molecule has 1 amide bonds. The molecule has 176 valence electrons. The lowest BCUT2D eigenvalue weighted by Gasteiger charge is -2.52. The van der Waals surface area contributed by atoms with Gasteiger partial charge in [0.2, 0.25) is 0 Å². The van der Waals surface area contributed by atoms with Crippen molar-refractivity contribution in [2.24, 2.45) is 10.4 Å². The van der Waals surface area contributed by atoms with Crippen LogP contribution in [0.5, 0.6) is 5.75 Å². The van der Waals surface area contributed by atoms with Gasteiger partial charge in [-0.2, -0.15) is 0 Å². The number of hydrogen-bond donors (Lipinski definition) is 3. The maximum Gasteiger partial charge on any atom is 0.257 e. The van der Waals surface area contributed by atoms with Crippen LogP contribution in [0.3, 0.4) is 0 Å². The van der Waals surface area contributed by atoms with E-state index in [0.717, 1.165) is 37.4 Å². The van der Waals surface area contributed by atoms with Crippen molar-refractivity contribution < 1.29 is 14.3 Å². The van der Waals surface area contributed by atoms with Crippen molar-refractivity contribution >= 4 is 35.8 Å². The number of halogens is 1. The van der Waals surface area contributed by atoms with E-state index in [1.165, 1.54) is 0 Å². The van der Waals surface area contributed by atoms with E-state index in [9.17, 15) is 4.79 Å². The summed E-state index contributed by atoms with van der Waals surface area (Å²) in [6.45, 7) is 10.6. The van der Waals surface area contributed by atoms with Crippen molar-refractivity contribution in [3.05, 3.63) is 29.8 Å². The Morgan fingerprint density at radius 2 is 2.03 bits per heavy atom. The zero-order valence-electron chi connectivity index (χ0n) is 19.5. The molecule has 0 saturated heterocycles. The van der Waals surface area contributed by atoms with Gasteiger partial charge in [0.25, 0.3) is 5.91 Å². The summed E-state index contributed by atoms with van der Waals surface area (Å²) in [6, 6.07) is 8.05. The summed E-state index contributed by atoms with van der Waals surface area (Å²) < 4.78 is 11.6. The van der Waals surface area contributed by atoms with Gasteiger partial charge in [-0.1, -0.05) is 39.3 Å². The lowest BCUT2D eigenvalue weighted by atomic mass is 9.64. The molecule has 8 heteroatoms. The zero-order valence-corrected chi connectivity index (χ0v) is 21.8. The highest BCUT2D eigenvalue weighted by molar-refractivity contribution is 14.0. The number of aliphatic imine (C=N–C) groups is 1. The molecule has 1 fully saturated rings. The molecule has 2 atom stereocenters. The van der Waals surface area contributed by atoms with Crippen molar-refractivity contribution in [1.82, 2.24) is 16.0 Å². The summed E-state index contributed by atoms with van der Waals surface area (Å²) in [5.41, 5.74) is 1.12. The number of unbranched alkanes of at least 4 members (excludes halogenated alkanes) is 1. The molecule has 2 rings (SSSR count). The van der Waals surface area contributed by atoms with Crippen LogP contribution < -0.4 is 20.7 Å². The highest BCUT2D eigenvalue weighted by Gasteiger charge is 2.49. The maximum absolute atomic E-state index is 11.6. The minimum absolute atomic E-state index is 0. The third-order valence-electron chi connectivity index (χ3n) is 5.63. The third-order valence-corrected chi connectivity index (χ3v) is 5.63. The van der Waals surface area contributed by atoms with E-state index in [0.29, 0.717) is 31.0 Å². The van der Waals surface area contributed by atoms with Gasteiger partial charge in [-0.25, -0.2) is 0 Å². The number of nitrogens with zero attached hydrogens (tertiary/aromatic N) is 1. The van der Waals surface area contributed by atoms with Gasteiger partial charge in [0.05, 0.1) is 6.10 Å². The molecular weight excluding hydrogens is 507 g/mol. The SMILES string of the molecule is CCCCOC1CC(NC(=NC)NCc2cccc(OCC(=O)NCC)c2)C1(C)C.I. The Balaban J connectivity index is 0.00000480. The average Bonchev–Trinajstić information content (AvgIpc) is 2.73. The Morgan fingerprint density at radius 3 is 2.68 bits per heavy atom. The van der Waals surface area contributed by atoms with E-state index in [1.54, 1.807) is 7.05 Å². The van der Waals surface area contributed by atoms with E-state index in [-0.39, 0.29) is 41.9 Å². The van der Waals surface area contributed by atoms with Crippen LogP contribution in [0.2, 0.25) is 0 Å². The van der Waals surface area contributed by atoms with Crippen LogP contribution in [0.4, 0.5) is 0 Å². The summed E-state index contributed by atoms with van der Waals surface area (Å²) in [5.74, 6) is 1.33. The number of nitrogens with one attached hydrogen (secondary N) is 3. The van der Waals surface area contributed by atoms with E-state index in [4.69, 9.17) is 9.47 Å². The number of ether oxygens (including phenoxy) is 2. The normalized spacial score (nSPS) is 19.6. The molecule has 1 saturated carbocycles. The van der Waals surface area contributed by atoms with Crippen molar-refractivity contribution in [1.29, 1.82) is 0 Å². The van der Waals surface area contributed by atoms with Crippen molar-refractivity contribution in [2.75, 3.05) is 26.8 Å². The Morgan fingerprint density at radius 1 is 1.26 bits per heavy atom. The maximum atomic E-state index is 11.6. The molecule has 0 radical (unpaired) electrons. The van der Waals surface area contributed by atoms with Crippen LogP contribution in [0.25, 0.3) is 0 Å². The molecule has 0 bridgehead atoms. The fourth-order valence-electron chi connectivity index (χ4n) is 3.47. The molecule has 3 N–H and O–H groups in total. The summed E-state index contributed by atoms with van der Waals surface area (Å²) in [6.07, 6.45) is 3.54. The van der Waals surface area contributed by atoms with Gasteiger partial charge in [0.1, 0.15) is 5.75 Å². The summed E-state index contributed by atoms with van der Waals surface area (Å²) in [5, 5.41) is 9.61. The molecule has 1 aromatic carbocycles. The first-order valence-electron chi connectivity index (χ1n) is 11.0. The van der Waals surface area contributed by atoms with Gasteiger partial charge in [-0.3, -0.25) is 9.79 Å².